The second-order valence-electron chi connectivity index (χ2n) is 15.3. The van der Waals surface area contributed by atoms with Crippen LogP contribution >= 0.6 is 0 Å². The Morgan fingerprint density at radius 1 is 0.250 bits per heavy atom. The summed E-state index contributed by atoms with van der Waals surface area (Å²) >= 11 is 0. The molecule has 11 aromatic carbocycles. The Kier molecular flexibility index (Phi) is 7.82. The Bertz CT molecular complexity index is 3460. The van der Waals surface area contributed by atoms with Crippen LogP contribution in [-0.2, 0) is 0 Å². The van der Waals surface area contributed by atoms with E-state index in [1.807, 2.05) is 12.1 Å². The van der Waals surface area contributed by atoms with Gasteiger partial charge in [0.05, 0.1) is 28.1 Å². The van der Waals surface area contributed by atoms with Crippen LogP contribution in [0.15, 0.2) is 218 Å². The standard InChI is InChI=1S/C56H36N2O2/c1-3-18-39(19-4-1)57(50-34-37-16-7-9-22-42(37)44-24-11-13-26-46(44)50)41-30-32-52-55(36-41)60-53-29-15-28-48-49(31-33-54(59-52)56(48)53)58(40-20-5-2-6-21-40)51-35-38-17-8-10-23-43(38)45-25-12-14-27-47(45)51/h1-36H. The fourth-order valence-corrected chi connectivity index (χ4v) is 9.16. The first-order valence-electron chi connectivity index (χ1n) is 20.3. The minimum absolute atomic E-state index is 0.643. The zero-order chi connectivity index (χ0) is 39.6. The first-order valence-corrected chi connectivity index (χ1v) is 20.3. The van der Waals surface area contributed by atoms with E-state index in [1.54, 1.807) is 0 Å². The third kappa shape index (κ3) is 5.46. The van der Waals surface area contributed by atoms with E-state index in [4.69, 9.17) is 9.47 Å². The molecule has 0 fully saturated rings. The van der Waals surface area contributed by atoms with Gasteiger partial charge in [-0.25, -0.2) is 0 Å². The van der Waals surface area contributed by atoms with E-state index in [0.717, 1.165) is 56.4 Å². The smallest absolute Gasteiger partial charge is 0.172 e. The van der Waals surface area contributed by atoms with Crippen molar-refractivity contribution in [2.45, 2.75) is 0 Å². The van der Waals surface area contributed by atoms with Crippen molar-refractivity contribution >= 4 is 88.0 Å². The molecule has 1 aliphatic heterocycles. The number of benzene rings is 11. The highest BCUT2D eigenvalue weighted by Gasteiger charge is 2.26. The zero-order valence-corrected chi connectivity index (χ0v) is 32.5. The van der Waals surface area contributed by atoms with Gasteiger partial charge in [-0.3, -0.25) is 0 Å². The number of hydrogen-bond acceptors (Lipinski definition) is 4. The second-order valence-corrected chi connectivity index (χ2v) is 15.3. The molecule has 4 heteroatoms. The molecule has 0 radical (unpaired) electrons. The summed E-state index contributed by atoms with van der Waals surface area (Å²) in [6, 6.07) is 77.2. The predicted octanol–water partition coefficient (Wildman–Crippen LogP) is 16.3. The first-order chi connectivity index (χ1) is 29.8. The van der Waals surface area contributed by atoms with Gasteiger partial charge in [0, 0.05) is 33.6 Å². The normalized spacial score (nSPS) is 11.9. The van der Waals surface area contributed by atoms with Crippen molar-refractivity contribution < 1.29 is 9.47 Å². The molecule has 4 nitrogen and oxygen atoms in total. The van der Waals surface area contributed by atoms with Crippen molar-refractivity contribution in [1.29, 1.82) is 0 Å². The van der Waals surface area contributed by atoms with Crippen LogP contribution in [-0.4, -0.2) is 0 Å². The zero-order valence-electron chi connectivity index (χ0n) is 32.5. The fourth-order valence-electron chi connectivity index (χ4n) is 9.16. The molecule has 60 heavy (non-hydrogen) atoms. The Morgan fingerprint density at radius 3 is 1.35 bits per heavy atom. The highest BCUT2D eigenvalue weighted by molar-refractivity contribution is 6.17. The maximum Gasteiger partial charge on any atom is 0.172 e. The van der Waals surface area contributed by atoms with Crippen LogP contribution in [0.4, 0.5) is 34.1 Å². The summed E-state index contributed by atoms with van der Waals surface area (Å²) in [5, 5.41) is 11.5. The average molecular weight is 769 g/mol. The van der Waals surface area contributed by atoms with Gasteiger partial charge in [-0.05, 0) is 99.0 Å². The van der Waals surface area contributed by atoms with Gasteiger partial charge in [0.15, 0.2) is 11.5 Å². The van der Waals surface area contributed by atoms with E-state index in [9.17, 15) is 0 Å². The summed E-state index contributed by atoms with van der Waals surface area (Å²) in [5.74, 6) is 2.77. The van der Waals surface area contributed by atoms with E-state index in [1.165, 1.54) is 43.1 Å². The number of ether oxygens (including phenoxy) is 2. The van der Waals surface area contributed by atoms with E-state index in [-0.39, 0.29) is 0 Å². The number of fused-ring (bicyclic) bond motifs is 7. The molecule has 0 aliphatic carbocycles. The van der Waals surface area contributed by atoms with Crippen LogP contribution in [0.1, 0.15) is 0 Å². The molecular formula is C56H36N2O2. The molecule has 0 saturated heterocycles. The summed E-state index contributed by atoms with van der Waals surface area (Å²) < 4.78 is 13.9. The van der Waals surface area contributed by atoms with Gasteiger partial charge in [0.2, 0.25) is 0 Å². The van der Waals surface area contributed by atoms with Crippen molar-refractivity contribution in [2.24, 2.45) is 0 Å². The van der Waals surface area contributed by atoms with E-state index >= 15 is 0 Å². The van der Waals surface area contributed by atoms with Crippen molar-refractivity contribution in [3.8, 4) is 23.0 Å². The summed E-state index contributed by atoms with van der Waals surface area (Å²) in [6.07, 6.45) is 0. The van der Waals surface area contributed by atoms with Crippen molar-refractivity contribution in [3.05, 3.63) is 218 Å². The Labute approximate surface area is 347 Å². The van der Waals surface area contributed by atoms with Gasteiger partial charge >= 0.3 is 0 Å². The molecule has 1 heterocycles. The summed E-state index contributed by atoms with van der Waals surface area (Å²) in [5.41, 5.74) is 6.28. The van der Waals surface area contributed by atoms with Crippen molar-refractivity contribution in [3.63, 3.8) is 0 Å². The lowest BCUT2D eigenvalue weighted by Crippen LogP contribution is -2.11. The Morgan fingerprint density at radius 2 is 0.717 bits per heavy atom. The Balaban J connectivity index is 1.03. The fraction of sp³-hybridized carbons (Fsp3) is 0. The third-order valence-corrected chi connectivity index (χ3v) is 11.8. The average Bonchev–Trinajstić information content (AvgIpc) is 3.47. The van der Waals surface area contributed by atoms with E-state index in [0.29, 0.717) is 11.5 Å². The predicted molar refractivity (Wildman–Crippen MR) is 250 cm³/mol. The summed E-state index contributed by atoms with van der Waals surface area (Å²) in [4.78, 5) is 4.69. The van der Waals surface area contributed by atoms with Crippen LogP contribution in [0.3, 0.4) is 0 Å². The number of nitrogens with zero attached hydrogens (tertiary/aromatic N) is 2. The molecule has 0 atom stereocenters. The number of hydrogen-bond donors (Lipinski definition) is 0. The second kappa shape index (κ2) is 13.8. The van der Waals surface area contributed by atoms with Crippen molar-refractivity contribution in [1.82, 2.24) is 0 Å². The lowest BCUT2D eigenvalue weighted by atomic mass is 9.98. The highest BCUT2D eigenvalue weighted by atomic mass is 16.5. The molecule has 0 spiro atoms. The van der Waals surface area contributed by atoms with E-state index < -0.39 is 0 Å². The molecule has 1 aliphatic rings. The van der Waals surface area contributed by atoms with E-state index in [2.05, 4.69) is 216 Å². The molecule has 0 bridgehead atoms. The summed E-state index contributed by atoms with van der Waals surface area (Å²) in [6.45, 7) is 0. The van der Waals surface area contributed by atoms with Gasteiger partial charge in [-0.15, -0.1) is 0 Å². The van der Waals surface area contributed by atoms with Gasteiger partial charge in [0.25, 0.3) is 0 Å². The lowest BCUT2D eigenvalue weighted by molar-refractivity contribution is 0.439. The van der Waals surface area contributed by atoms with Crippen LogP contribution in [0, 0.1) is 0 Å². The molecular weight excluding hydrogens is 733 g/mol. The van der Waals surface area contributed by atoms with Gasteiger partial charge in [0.1, 0.15) is 11.5 Å². The molecule has 0 amide bonds. The van der Waals surface area contributed by atoms with Gasteiger partial charge < -0.3 is 19.3 Å². The molecule has 0 saturated carbocycles. The van der Waals surface area contributed by atoms with Gasteiger partial charge in [-0.2, -0.15) is 0 Å². The molecule has 0 unspecified atom stereocenters. The topological polar surface area (TPSA) is 24.9 Å². The Hall–Kier alpha value is -8.08. The maximum atomic E-state index is 7.00. The minimum Gasteiger partial charge on any atom is -0.453 e. The molecule has 0 N–H and O–H groups in total. The monoisotopic (exact) mass is 768 g/mol. The minimum atomic E-state index is 0.643. The third-order valence-electron chi connectivity index (χ3n) is 11.8. The lowest BCUT2D eigenvalue weighted by Gasteiger charge is -2.29. The highest BCUT2D eigenvalue weighted by Crippen LogP contribution is 2.52. The maximum absolute atomic E-state index is 7.00. The van der Waals surface area contributed by atoms with Crippen LogP contribution in [0.25, 0.3) is 53.9 Å². The molecule has 11 aromatic rings. The molecule has 282 valence electrons. The van der Waals surface area contributed by atoms with Crippen LogP contribution in [0.5, 0.6) is 23.0 Å². The summed E-state index contributed by atoms with van der Waals surface area (Å²) in [7, 11) is 0. The SMILES string of the molecule is c1ccc(N(c2ccc3c(c2)Oc2cccc4c(N(c5ccccc5)c5cc6ccccc6c6ccccc56)ccc(c24)O3)c2cc3ccccc3c3ccccc23)cc1. The first kappa shape index (κ1) is 34.0. The van der Waals surface area contributed by atoms with Crippen LogP contribution < -0.4 is 19.3 Å². The number of para-hydroxylation sites is 2. The number of anilines is 6. The van der Waals surface area contributed by atoms with Gasteiger partial charge in [-0.1, -0.05) is 146 Å². The number of rotatable bonds is 6. The van der Waals surface area contributed by atoms with Crippen molar-refractivity contribution in [2.75, 3.05) is 9.80 Å². The molecule has 12 rings (SSSR count). The largest absolute Gasteiger partial charge is 0.453 e. The quantitative estimate of drug-likeness (QED) is 0.157. The van der Waals surface area contributed by atoms with Crippen LogP contribution in [0.2, 0.25) is 0 Å². The molecule has 0 aromatic heterocycles.